The first kappa shape index (κ1) is 15.6. The number of hydrogen-bond donors (Lipinski definition) is 0. The van der Waals surface area contributed by atoms with Crippen molar-refractivity contribution in [2.45, 2.75) is 20.3 Å². The molecular weight excluding hydrogens is 300 g/mol. The molecule has 3 aromatic heterocycles. The average Bonchev–Trinajstić information content (AvgIpc) is 3.04. The molecule has 0 atom stereocenters. The highest BCUT2D eigenvalue weighted by Gasteiger charge is 2.12. The molecular formula is C20H20N2S. The van der Waals surface area contributed by atoms with Crippen molar-refractivity contribution >= 4 is 27.0 Å². The van der Waals surface area contributed by atoms with Crippen molar-refractivity contribution in [1.29, 1.82) is 0 Å². The summed E-state index contributed by atoms with van der Waals surface area (Å²) in [6, 6.07) is 6.26. The van der Waals surface area contributed by atoms with Crippen LogP contribution < -0.4 is 0 Å². The predicted octanol–water partition coefficient (Wildman–Crippen LogP) is 5.76. The highest BCUT2D eigenvalue weighted by molar-refractivity contribution is 7.17. The van der Waals surface area contributed by atoms with Crippen molar-refractivity contribution in [3.63, 3.8) is 0 Å². The second kappa shape index (κ2) is 6.47. The summed E-state index contributed by atoms with van der Waals surface area (Å²) in [7, 11) is 0. The summed E-state index contributed by atoms with van der Waals surface area (Å²) < 4.78 is 1.29. The summed E-state index contributed by atoms with van der Waals surface area (Å²) >= 11 is 1.77. The maximum Gasteiger partial charge on any atom is 0.0701 e. The van der Waals surface area contributed by atoms with Crippen LogP contribution in [0.4, 0.5) is 0 Å². The van der Waals surface area contributed by atoms with Crippen LogP contribution in [-0.4, -0.2) is 9.97 Å². The monoisotopic (exact) mass is 320 g/mol. The molecule has 0 aliphatic heterocycles. The average molecular weight is 320 g/mol. The molecule has 0 bridgehead atoms. The van der Waals surface area contributed by atoms with E-state index in [0.29, 0.717) is 5.92 Å². The summed E-state index contributed by atoms with van der Waals surface area (Å²) in [5, 5.41) is 3.41. The summed E-state index contributed by atoms with van der Waals surface area (Å²) in [5.41, 5.74) is 5.15. The van der Waals surface area contributed by atoms with Gasteiger partial charge in [0.05, 0.1) is 5.69 Å². The fourth-order valence-corrected chi connectivity index (χ4v) is 3.60. The van der Waals surface area contributed by atoms with Crippen LogP contribution in [0.25, 0.3) is 26.8 Å². The zero-order valence-electron chi connectivity index (χ0n) is 13.5. The summed E-state index contributed by atoms with van der Waals surface area (Å²) in [6.45, 7) is 12.2. The van der Waals surface area contributed by atoms with Gasteiger partial charge in [0.25, 0.3) is 0 Å². The standard InChI is InChI=1S/C20H20N2S/c1-5-14(4)18-11-15(6-8-21-18)17-12-22-19(10-13(2)3)16-7-9-23-20(16)17/h5-9,11-13H,1,4,10H2,2-3H3. The van der Waals surface area contributed by atoms with Crippen molar-refractivity contribution in [1.82, 2.24) is 9.97 Å². The van der Waals surface area contributed by atoms with Gasteiger partial charge in [-0.25, -0.2) is 0 Å². The first-order valence-electron chi connectivity index (χ1n) is 7.73. The number of fused-ring (bicyclic) bond motifs is 1. The van der Waals surface area contributed by atoms with E-state index < -0.39 is 0 Å². The minimum absolute atomic E-state index is 0.597. The van der Waals surface area contributed by atoms with Crippen LogP contribution in [0.1, 0.15) is 25.2 Å². The quantitative estimate of drug-likeness (QED) is 0.559. The zero-order valence-corrected chi connectivity index (χ0v) is 14.4. The summed E-state index contributed by atoms with van der Waals surface area (Å²) in [5.74, 6) is 0.597. The van der Waals surface area contributed by atoms with E-state index in [9.17, 15) is 0 Å². The molecule has 0 radical (unpaired) electrons. The lowest BCUT2D eigenvalue weighted by molar-refractivity contribution is 0.639. The summed E-state index contributed by atoms with van der Waals surface area (Å²) in [6.07, 6.45) is 6.55. The number of aromatic nitrogens is 2. The second-order valence-electron chi connectivity index (χ2n) is 6.04. The van der Waals surface area contributed by atoms with Gasteiger partial charge in [0.2, 0.25) is 0 Å². The van der Waals surface area contributed by atoms with E-state index in [4.69, 9.17) is 4.98 Å². The Kier molecular flexibility index (Phi) is 4.39. The molecule has 0 N–H and O–H groups in total. The van der Waals surface area contributed by atoms with Crippen LogP contribution in [0.3, 0.4) is 0 Å². The second-order valence-corrected chi connectivity index (χ2v) is 6.96. The number of nitrogens with zero attached hydrogens (tertiary/aromatic N) is 2. The third-order valence-electron chi connectivity index (χ3n) is 3.82. The summed E-state index contributed by atoms with van der Waals surface area (Å²) in [4.78, 5) is 9.11. The van der Waals surface area contributed by atoms with Gasteiger partial charge >= 0.3 is 0 Å². The third-order valence-corrected chi connectivity index (χ3v) is 4.77. The number of pyridine rings is 2. The van der Waals surface area contributed by atoms with Crippen LogP contribution >= 0.6 is 11.3 Å². The first-order chi connectivity index (χ1) is 11.1. The topological polar surface area (TPSA) is 25.8 Å². The van der Waals surface area contributed by atoms with E-state index >= 15 is 0 Å². The number of thiophene rings is 1. The molecule has 0 spiro atoms. The first-order valence-corrected chi connectivity index (χ1v) is 8.61. The van der Waals surface area contributed by atoms with Gasteiger partial charge < -0.3 is 0 Å². The molecule has 3 aromatic rings. The van der Waals surface area contributed by atoms with Crippen LogP contribution in [-0.2, 0) is 6.42 Å². The molecule has 0 aliphatic carbocycles. The third kappa shape index (κ3) is 3.10. The van der Waals surface area contributed by atoms with Crippen molar-refractivity contribution in [2.75, 3.05) is 0 Å². The number of rotatable bonds is 5. The maximum absolute atomic E-state index is 4.73. The van der Waals surface area contributed by atoms with Gasteiger partial charge in [0.1, 0.15) is 0 Å². The Labute approximate surface area is 141 Å². The smallest absolute Gasteiger partial charge is 0.0701 e. The molecule has 3 rings (SSSR count). The Morgan fingerprint density at radius 2 is 2.13 bits per heavy atom. The highest BCUT2D eigenvalue weighted by Crippen LogP contribution is 2.34. The SMILES string of the molecule is C=CC(=C)c1cc(-c2cnc(CC(C)C)c3ccsc23)ccn1. The minimum atomic E-state index is 0.597. The van der Waals surface area contributed by atoms with E-state index in [2.05, 4.69) is 49.5 Å². The lowest BCUT2D eigenvalue weighted by atomic mass is 10.0. The molecule has 116 valence electrons. The molecule has 0 amide bonds. The Bertz CT molecular complexity index is 874. The fraction of sp³-hybridized carbons (Fsp3) is 0.200. The van der Waals surface area contributed by atoms with Gasteiger partial charge in [0.15, 0.2) is 0 Å². The van der Waals surface area contributed by atoms with Gasteiger partial charge in [-0.05, 0) is 47.1 Å². The van der Waals surface area contributed by atoms with E-state index in [1.807, 2.05) is 18.5 Å². The van der Waals surface area contributed by atoms with Crippen molar-refractivity contribution in [3.8, 4) is 11.1 Å². The largest absolute Gasteiger partial charge is 0.260 e. The van der Waals surface area contributed by atoms with E-state index in [1.54, 1.807) is 17.4 Å². The molecule has 0 fully saturated rings. The van der Waals surface area contributed by atoms with Crippen molar-refractivity contribution < 1.29 is 0 Å². The molecule has 0 aromatic carbocycles. The molecule has 0 unspecified atom stereocenters. The van der Waals surface area contributed by atoms with E-state index in [1.165, 1.54) is 15.8 Å². The van der Waals surface area contributed by atoms with Crippen LogP contribution in [0.15, 0.2) is 55.2 Å². The van der Waals surface area contributed by atoms with Crippen LogP contribution in [0.5, 0.6) is 0 Å². The van der Waals surface area contributed by atoms with Crippen molar-refractivity contribution in [2.24, 2.45) is 5.92 Å². The van der Waals surface area contributed by atoms with Gasteiger partial charge in [-0.3, -0.25) is 9.97 Å². The van der Waals surface area contributed by atoms with Gasteiger partial charge in [0, 0.05) is 33.7 Å². The lowest BCUT2D eigenvalue weighted by Gasteiger charge is -2.10. The molecule has 2 nitrogen and oxygen atoms in total. The predicted molar refractivity (Wildman–Crippen MR) is 101 cm³/mol. The Morgan fingerprint density at radius 3 is 2.87 bits per heavy atom. The Balaban J connectivity index is 2.13. The highest BCUT2D eigenvalue weighted by atomic mass is 32.1. The Hall–Kier alpha value is -2.26. The molecule has 0 saturated heterocycles. The fourth-order valence-electron chi connectivity index (χ4n) is 2.65. The van der Waals surface area contributed by atoms with E-state index in [0.717, 1.165) is 28.8 Å². The molecule has 0 saturated carbocycles. The number of allylic oxidation sites excluding steroid dienone is 2. The Morgan fingerprint density at radius 1 is 1.30 bits per heavy atom. The van der Waals surface area contributed by atoms with Crippen LogP contribution in [0.2, 0.25) is 0 Å². The van der Waals surface area contributed by atoms with E-state index in [-0.39, 0.29) is 0 Å². The molecule has 3 heteroatoms. The van der Waals surface area contributed by atoms with Crippen molar-refractivity contribution in [3.05, 3.63) is 66.6 Å². The molecule has 3 heterocycles. The molecule has 23 heavy (non-hydrogen) atoms. The minimum Gasteiger partial charge on any atom is -0.260 e. The molecule has 0 aliphatic rings. The van der Waals surface area contributed by atoms with Gasteiger partial charge in [-0.15, -0.1) is 11.3 Å². The van der Waals surface area contributed by atoms with Crippen LogP contribution in [0, 0.1) is 5.92 Å². The lowest BCUT2D eigenvalue weighted by Crippen LogP contribution is -1.98. The van der Waals surface area contributed by atoms with Gasteiger partial charge in [-0.2, -0.15) is 0 Å². The number of hydrogen-bond acceptors (Lipinski definition) is 3. The van der Waals surface area contributed by atoms with Gasteiger partial charge in [-0.1, -0.05) is 33.1 Å². The zero-order chi connectivity index (χ0) is 16.4. The normalized spacial score (nSPS) is 11.1. The maximum atomic E-state index is 4.73.